The molecule has 0 aliphatic heterocycles. The minimum atomic E-state index is -1.24. The molecule has 9 nitrogen and oxygen atoms in total. The van der Waals surface area contributed by atoms with Crippen LogP contribution >= 0.6 is 0 Å². The van der Waals surface area contributed by atoms with Crippen LogP contribution in [0.4, 0.5) is 0 Å². The van der Waals surface area contributed by atoms with Crippen molar-refractivity contribution in [3.05, 3.63) is 11.6 Å². The molecule has 5 unspecified atom stereocenters. The summed E-state index contributed by atoms with van der Waals surface area (Å²) in [6.07, 6.45) is -1.14. The van der Waals surface area contributed by atoms with Crippen LogP contribution in [0.25, 0.3) is 0 Å². The average Bonchev–Trinajstić information content (AvgIpc) is 2.61. The van der Waals surface area contributed by atoms with Crippen LogP contribution in [0, 0.1) is 5.92 Å². The van der Waals surface area contributed by atoms with Crippen molar-refractivity contribution in [3.8, 4) is 0 Å². The first-order valence-corrected chi connectivity index (χ1v) is 8.55. The van der Waals surface area contributed by atoms with Gasteiger partial charge >= 0.3 is 5.97 Å². The minimum Gasteiger partial charge on any atom is -0.467 e. The highest BCUT2D eigenvalue weighted by atomic mass is 16.5. The smallest absolute Gasteiger partial charge is 0.328 e. The lowest BCUT2D eigenvalue weighted by Gasteiger charge is -2.32. The van der Waals surface area contributed by atoms with E-state index in [9.17, 15) is 24.6 Å². The van der Waals surface area contributed by atoms with E-state index >= 15 is 0 Å². The SMILES string of the molecule is CNC(C)C(=O)NC1C=C(C(=O)NC(C(=O)OC)C(C)C)CC(O)C1O. The predicted molar refractivity (Wildman–Crippen MR) is 94.0 cm³/mol. The van der Waals surface area contributed by atoms with E-state index in [1.807, 2.05) is 0 Å². The number of carbonyl (C=O) groups is 3. The summed E-state index contributed by atoms with van der Waals surface area (Å²) in [5.74, 6) is -1.70. The van der Waals surface area contributed by atoms with Crippen molar-refractivity contribution >= 4 is 17.8 Å². The van der Waals surface area contributed by atoms with Gasteiger partial charge in [-0.25, -0.2) is 4.79 Å². The number of amides is 2. The van der Waals surface area contributed by atoms with Crippen LogP contribution in [0.5, 0.6) is 0 Å². The Morgan fingerprint density at radius 2 is 1.85 bits per heavy atom. The van der Waals surface area contributed by atoms with E-state index in [0.29, 0.717) is 0 Å². The van der Waals surface area contributed by atoms with E-state index < -0.39 is 42.2 Å². The van der Waals surface area contributed by atoms with Gasteiger partial charge in [0.15, 0.2) is 0 Å². The van der Waals surface area contributed by atoms with Crippen LogP contribution < -0.4 is 16.0 Å². The molecule has 0 fully saturated rings. The Labute approximate surface area is 153 Å². The second-order valence-electron chi connectivity index (χ2n) is 6.72. The van der Waals surface area contributed by atoms with Gasteiger partial charge in [0.2, 0.25) is 11.8 Å². The van der Waals surface area contributed by atoms with Crippen LogP contribution in [0.2, 0.25) is 0 Å². The van der Waals surface area contributed by atoms with E-state index in [-0.39, 0.29) is 23.8 Å². The van der Waals surface area contributed by atoms with E-state index in [1.54, 1.807) is 27.8 Å². The van der Waals surface area contributed by atoms with Crippen molar-refractivity contribution in [2.75, 3.05) is 14.2 Å². The van der Waals surface area contributed by atoms with Crippen LogP contribution in [0.1, 0.15) is 27.2 Å². The van der Waals surface area contributed by atoms with Gasteiger partial charge in [-0.15, -0.1) is 0 Å². The van der Waals surface area contributed by atoms with E-state index in [1.165, 1.54) is 13.2 Å². The quantitative estimate of drug-likeness (QED) is 0.342. The molecule has 0 aromatic rings. The zero-order chi connectivity index (χ0) is 20.0. The number of aliphatic hydroxyl groups is 2. The summed E-state index contributed by atoms with van der Waals surface area (Å²) < 4.78 is 4.69. The zero-order valence-corrected chi connectivity index (χ0v) is 15.8. The lowest BCUT2D eigenvalue weighted by Crippen LogP contribution is -2.54. The molecule has 0 bridgehead atoms. The maximum atomic E-state index is 12.5. The molecule has 0 aromatic carbocycles. The Hall–Kier alpha value is -1.97. The maximum Gasteiger partial charge on any atom is 0.328 e. The Bertz CT molecular complexity index is 563. The number of nitrogens with one attached hydrogen (secondary N) is 3. The van der Waals surface area contributed by atoms with Gasteiger partial charge in [0.05, 0.1) is 25.3 Å². The summed E-state index contributed by atoms with van der Waals surface area (Å²) >= 11 is 0. The molecule has 0 spiro atoms. The van der Waals surface area contributed by atoms with Gasteiger partial charge in [-0.05, 0) is 19.9 Å². The first-order chi connectivity index (χ1) is 12.1. The molecule has 5 N–H and O–H groups in total. The summed E-state index contributed by atoms with van der Waals surface area (Å²) in [5.41, 5.74) is 0.180. The van der Waals surface area contributed by atoms with Crippen molar-refractivity contribution in [1.29, 1.82) is 0 Å². The largest absolute Gasteiger partial charge is 0.467 e. The number of carbonyl (C=O) groups excluding carboxylic acids is 3. The molecule has 0 saturated carbocycles. The molecule has 1 rings (SSSR count). The number of hydrogen-bond donors (Lipinski definition) is 5. The van der Waals surface area contributed by atoms with E-state index in [0.717, 1.165) is 0 Å². The molecule has 0 aromatic heterocycles. The van der Waals surface area contributed by atoms with Crippen LogP contribution in [0.15, 0.2) is 11.6 Å². The molecule has 0 saturated heterocycles. The number of hydrogen-bond acceptors (Lipinski definition) is 7. The fourth-order valence-corrected chi connectivity index (χ4v) is 2.54. The summed E-state index contributed by atoms with van der Waals surface area (Å²) in [6.45, 7) is 5.16. The highest BCUT2D eigenvalue weighted by Crippen LogP contribution is 2.20. The fourth-order valence-electron chi connectivity index (χ4n) is 2.54. The zero-order valence-electron chi connectivity index (χ0n) is 15.8. The molecule has 148 valence electrons. The van der Waals surface area contributed by atoms with Crippen molar-refractivity contribution in [2.24, 2.45) is 5.92 Å². The topological polar surface area (TPSA) is 137 Å². The molecule has 9 heteroatoms. The van der Waals surface area contributed by atoms with Crippen LogP contribution in [-0.4, -0.2) is 72.5 Å². The molecule has 0 radical (unpaired) electrons. The lowest BCUT2D eigenvalue weighted by molar-refractivity contribution is -0.146. The minimum absolute atomic E-state index is 0.0903. The number of likely N-dealkylation sites (N-methyl/N-ethyl adjacent to an activating group) is 1. The number of rotatable bonds is 7. The number of esters is 1. The Morgan fingerprint density at radius 1 is 1.23 bits per heavy atom. The molecule has 26 heavy (non-hydrogen) atoms. The summed E-state index contributed by atoms with van der Waals surface area (Å²) in [6, 6.07) is -2.26. The molecule has 5 atom stereocenters. The monoisotopic (exact) mass is 371 g/mol. The standard InChI is InChI=1S/C17H29N3O6/c1-8(2)13(17(25)26-5)20-16(24)10-6-11(14(22)12(21)7-10)19-15(23)9(3)18-4/h6,8-9,11-14,18,21-22H,7H2,1-5H3,(H,19,23)(H,20,24). The van der Waals surface area contributed by atoms with Crippen molar-refractivity contribution in [2.45, 2.75) is 57.5 Å². The highest BCUT2D eigenvalue weighted by Gasteiger charge is 2.35. The molecular weight excluding hydrogens is 342 g/mol. The normalized spacial score (nSPS) is 25.1. The highest BCUT2D eigenvalue weighted by molar-refractivity contribution is 5.96. The first-order valence-electron chi connectivity index (χ1n) is 8.55. The van der Waals surface area contributed by atoms with Crippen molar-refractivity contribution in [1.82, 2.24) is 16.0 Å². The number of aliphatic hydroxyl groups excluding tert-OH is 2. The summed E-state index contributed by atoms with van der Waals surface area (Å²) in [5, 5.41) is 28.1. The Balaban J connectivity index is 2.95. The molecule has 2 amide bonds. The predicted octanol–water partition coefficient (Wildman–Crippen LogP) is -1.56. The second kappa shape index (κ2) is 9.65. The van der Waals surface area contributed by atoms with Crippen molar-refractivity contribution in [3.63, 3.8) is 0 Å². The lowest BCUT2D eigenvalue weighted by atomic mass is 9.89. The fraction of sp³-hybridized carbons (Fsp3) is 0.706. The third-order valence-electron chi connectivity index (χ3n) is 4.41. The Kier molecular flexibility index (Phi) is 8.19. The van der Waals surface area contributed by atoms with Gasteiger partial charge in [0.1, 0.15) is 12.1 Å². The molecule has 1 aliphatic carbocycles. The third kappa shape index (κ3) is 5.52. The van der Waals surface area contributed by atoms with Gasteiger partial charge in [-0.3, -0.25) is 9.59 Å². The van der Waals surface area contributed by atoms with Gasteiger partial charge in [0.25, 0.3) is 0 Å². The van der Waals surface area contributed by atoms with Gasteiger partial charge in [-0.1, -0.05) is 19.9 Å². The number of methoxy groups -OCH3 is 1. The Morgan fingerprint density at radius 3 is 2.35 bits per heavy atom. The molecule has 1 aliphatic rings. The van der Waals surface area contributed by atoms with E-state index in [4.69, 9.17) is 0 Å². The third-order valence-corrected chi connectivity index (χ3v) is 4.41. The number of ether oxygens (including phenoxy) is 1. The second-order valence-corrected chi connectivity index (χ2v) is 6.72. The maximum absolute atomic E-state index is 12.5. The average molecular weight is 371 g/mol. The summed E-state index contributed by atoms with van der Waals surface area (Å²) in [4.78, 5) is 36.3. The van der Waals surface area contributed by atoms with Gasteiger partial charge < -0.3 is 30.9 Å². The van der Waals surface area contributed by atoms with Crippen LogP contribution in [0.3, 0.4) is 0 Å². The molecule has 0 heterocycles. The summed E-state index contributed by atoms with van der Waals surface area (Å²) in [7, 11) is 2.85. The first kappa shape index (κ1) is 22.1. The molecular formula is C17H29N3O6. The van der Waals surface area contributed by atoms with E-state index in [2.05, 4.69) is 20.7 Å². The van der Waals surface area contributed by atoms with Gasteiger partial charge in [0, 0.05) is 12.0 Å². The van der Waals surface area contributed by atoms with Crippen LogP contribution in [-0.2, 0) is 19.1 Å². The van der Waals surface area contributed by atoms with Gasteiger partial charge in [-0.2, -0.15) is 0 Å². The van der Waals surface area contributed by atoms with Crippen molar-refractivity contribution < 1.29 is 29.3 Å².